The van der Waals surface area contributed by atoms with Crippen molar-refractivity contribution in [3.8, 4) is 16.5 Å². The predicted molar refractivity (Wildman–Crippen MR) is 99.2 cm³/mol. The van der Waals surface area contributed by atoms with Crippen molar-refractivity contribution < 1.29 is 9.53 Å². The maximum atomic E-state index is 11.9. The molecule has 0 radical (unpaired) electrons. The molecule has 124 valence electrons. The molecule has 0 unspecified atom stereocenters. The van der Waals surface area contributed by atoms with Gasteiger partial charge in [-0.2, -0.15) is 5.26 Å². The molecule has 0 saturated heterocycles. The minimum absolute atomic E-state index is 0.0123. The number of hydrogen-bond donors (Lipinski definition) is 0. The van der Waals surface area contributed by atoms with Crippen molar-refractivity contribution in [2.24, 2.45) is 0 Å². The van der Waals surface area contributed by atoms with E-state index in [-0.39, 0.29) is 5.57 Å². The highest BCUT2D eigenvalue weighted by Crippen LogP contribution is 2.35. The van der Waals surface area contributed by atoms with Gasteiger partial charge in [0.15, 0.2) is 0 Å². The third-order valence-electron chi connectivity index (χ3n) is 3.18. The summed E-state index contributed by atoms with van der Waals surface area (Å²) in [5, 5.41) is 10.3. The first-order chi connectivity index (χ1) is 11.5. The van der Waals surface area contributed by atoms with Gasteiger partial charge < -0.3 is 4.74 Å². The zero-order chi connectivity index (χ0) is 17.5. The van der Waals surface area contributed by atoms with Crippen LogP contribution in [-0.2, 0) is 9.53 Å². The number of unbranched alkanes of at least 4 members (excludes halogenated alkanes) is 1. The zero-order valence-corrected chi connectivity index (χ0v) is 15.3. The smallest absolute Gasteiger partial charge is 0.348 e. The Hall–Kier alpha value is -1.80. The van der Waals surface area contributed by atoms with Crippen LogP contribution in [0.15, 0.2) is 35.9 Å². The molecule has 1 aromatic heterocycles. The van der Waals surface area contributed by atoms with Gasteiger partial charge in [-0.3, -0.25) is 0 Å². The number of benzene rings is 1. The molecule has 0 spiro atoms. The van der Waals surface area contributed by atoms with Gasteiger partial charge in [-0.15, -0.1) is 11.3 Å². The summed E-state index contributed by atoms with van der Waals surface area (Å²) in [6.07, 6.45) is 3.24. The van der Waals surface area contributed by atoms with Gasteiger partial charge in [-0.1, -0.05) is 42.6 Å². The predicted octanol–water partition coefficient (Wildman–Crippen LogP) is 5.97. The molecule has 1 heterocycles. The number of thiophene rings is 1. The van der Waals surface area contributed by atoms with E-state index in [2.05, 4.69) is 0 Å². The van der Waals surface area contributed by atoms with Crippen molar-refractivity contribution in [1.29, 1.82) is 5.26 Å². The van der Waals surface area contributed by atoms with Gasteiger partial charge in [0.2, 0.25) is 0 Å². The topological polar surface area (TPSA) is 50.1 Å². The molecule has 6 heteroatoms. The Kier molecular flexibility index (Phi) is 6.86. The Morgan fingerprint density at radius 2 is 2.12 bits per heavy atom. The molecule has 0 aliphatic heterocycles. The van der Waals surface area contributed by atoms with E-state index in [1.807, 2.05) is 31.2 Å². The fourth-order valence-corrected chi connectivity index (χ4v) is 3.49. The number of ether oxygens (including phenoxy) is 1. The van der Waals surface area contributed by atoms with Crippen molar-refractivity contribution in [2.75, 3.05) is 6.61 Å². The van der Waals surface area contributed by atoms with E-state index < -0.39 is 5.97 Å². The van der Waals surface area contributed by atoms with E-state index in [1.165, 1.54) is 17.4 Å². The minimum atomic E-state index is -0.592. The number of rotatable bonds is 6. The lowest BCUT2D eigenvalue weighted by Crippen LogP contribution is -2.07. The fourth-order valence-electron chi connectivity index (χ4n) is 1.93. The molecule has 0 saturated carbocycles. The molecule has 0 bridgehead atoms. The Labute approximate surface area is 155 Å². The Morgan fingerprint density at radius 3 is 2.79 bits per heavy atom. The summed E-state index contributed by atoms with van der Waals surface area (Å²) in [7, 11) is 0. The second-order valence-corrected chi connectivity index (χ2v) is 6.94. The molecule has 0 N–H and O–H groups in total. The number of nitrogens with zero attached hydrogens (tertiary/aromatic N) is 1. The van der Waals surface area contributed by atoms with Crippen LogP contribution < -0.4 is 0 Å². The van der Waals surface area contributed by atoms with Gasteiger partial charge in [0.25, 0.3) is 0 Å². The number of hydrogen-bond acceptors (Lipinski definition) is 4. The Bertz CT molecular complexity index is 806. The van der Waals surface area contributed by atoms with E-state index in [0.29, 0.717) is 16.7 Å². The van der Waals surface area contributed by atoms with Gasteiger partial charge in [0.1, 0.15) is 11.6 Å². The first-order valence-electron chi connectivity index (χ1n) is 7.39. The van der Waals surface area contributed by atoms with E-state index in [4.69, 9.17) is 33.2 Å². The summed E-state index contributed by atoms with van der Waals surface area (Å²) in [5.41, 5.74) is 0.844. The largest absolute Gasteiger partial charge is 0.462 e. The third-order valence-corrected chi connectivity index (χ3v) is 4.79. The zero-order valence-electron chi connectivity index (χ0n) is 13.0. The molecule has 24 heavy (non-hydrogen) atoms. The molecule has 0 atom stereocenters. The maximum absolute atomic E-state index is 11.9. The summed E-state index contributed by atoms with van der Waals surface area (Å²) < 4.78 is 5.07. The maximum Gasteiger partial charge on any atom is 0.348 e. The number of halogens is 2. The van der Waals surface area contributed by atoms with E-state index in [1.54, 1.807) is 12.1 Å². The van der Waals surface area contributed by atoms with E-state index >= 15 is 0 Å². The summed E-state index contributed by atoms with van der Waals surface area (Å²) in [6, 6.07) is 10.9. The van der Waals surface area contributed by atoms with Gasteiger partial charge in [-0.05, 0) is 36.8 Å². The van der Waals surface area contributed by atoms with Gasteiger partial charge in [0, 0.05) is 20.3 Å². The molecular formula is C18H15Cl2NO2S. The van der Waals surface area contributed by atoms with Gasteiger partial charge in [-0.25, -0.2) is 4.79 Å². The van der Waals surface area contributed by atoms with Crippen molar-refractivity contribution in [3.05, 3.63) is 50.8 Å². The lowest BCUT2D eigenvalue weighted by Gasteiger charge is -2.02. The van der Waals surface area contributed by atoms with Crippen molar-refractivity contribution in [1.82, 2.24) is 0 Å². The first kappa shape index (κ1) is 18.5. The van der Waals surface area contributed by atoms with Crippen molar-refractivity contribution in [2.45, 2.75) is 19.8 Å². The molecule has 2 aromatic rings. The van der Waals surface area contributed by atoms with Crippen LogP contribution in [0, 0.1) is 11.3 Å². The van der Waals surface area contributed by atoms with Crippen molar-refractivity contribution in [3.63, 3.8) is 0 Å². The molecule has 0 aliphatic rings. The minimum Gasteiger partial charge on any atom is -0.462 e. The van der Waals surface area contributed by atoms with E-state index in [9.17, 15) is 4.79 Å². The lowest BCUT2D eigenvalue weighted by molar-refractivity contribution is -0.138. The number of carbonyl (C=O) groups excluding carboxylic acids is 1. The summed E-state index contributed by atoms with van der Waals surface area (Å²) in [5.74, 6) is -0.592. The molecule has 3 nitrogen and oxygen atoms in total. The molecule has 2 rings (SSSR count). The van der Waals surface area contributed by atoms with Crippen LogP contribution in [0.4, 0.5) is 0 Å². The van der Waals surface area contributed by atoms with Gasteiger partial charge in [0.05, 0.1) is 11.6 Å². The van der Waals surface area contributed by atoms with Crippen LogP contribution in [0.5, 0.6) is 0 Å². The molecular weight excluding hydrogens is 365 g/mol. The quantitative estimate of drug-likeness (QED) is 0.268. The Morgan fingerprint density at radius 1 is 1.33 bits per heavy atom. The number of esters is 1. The first-order valence-corrected chi connectivity index (χ1v) is 8.96. The third kappa shape index (κ3) is 4.85. The summed E-state index contributed by atoms with van der Waals surface area (Å²) in [6.45, 7) is 2.33. The summed E-state index contributed by atoms with van der Waals surface area (Å²) in [4.78, 5) is 13.6. The monoisotopic (exact) mass is 379 g/mol. The second kappa shape index (κ2) is 8.89. The number of nitriles is 1. The Balaban J connectivity index is 2.19. The van der Waals surface area contributed by atoms with Crippen LogP contribution in [0.1, 0.15) is 24.6 Å². The van der Waals surface area contributed by atoms with Crippen LogP contribution in [0.2, 0.25) is 10.0 Å². The SMILES string of the molecule is CCCCOC(=O)C(C#N)=Cc1ccc(-c2ccc(Cl)cc2Cl)s1. The van der Waals surface area contributed by atoms with Crippen LogP contribution in [0.25, 0.3) is 16.5 Å². The van der Waals surface area contributed by atoms with E-state index in [0.717, 1.165) is 28.2 Å². The highest BCUT2D eigenvalue weighted by molar-refractivity contribution is 7.16. The standard InChI is InChI=1S/C18H15Cl2NO2S/c1-2-3-8-23-18(22)12(11-21)9-14-5-7-17(24-14)15-6-4-13(19)10-16(15)20/h4-7,9-10H,2-3,8H2,1H3. The molecule has 0 aliphatic carbocycles. The normalized spacial score (nSPS) is 11.2. The summed E-state index contributed by atoms with van der Waals surface area (Å²) >= 11 is 13.5. The molecule has 0 amide bonds. The molecule has 1 aromatic carbocycles. The number of carbonyl (C=O) groups is 1. The molecule has 0 fully saturated rings. The average molecular weight is 380 g/mol. The van der Waals surface area contributed by atoms with Gasteiger partial charge >= 0.3 is 5.97 Å². The van der Waals surface area contributed by atoms with Crippen LogP contribution in [0.3, 0.4) is 0 Å². The highest BCUT2D eigenvalue weighted by atomic mass is 35.5. The van der Waals surface area contributed by atoms with Crippen LogP contribution in [-0.4, -0.2) is 12.6 Å². The lowest BCUT2D eigenvalue weighted by atomic mass is 10.2. The average Bonchev–Trinajstić information content (AvgIpc) is 3.01. The van der Waals surface area contributed by atoms with Crippen LogP contribution >= 0.6 is 34.5 Å². The fraction of sp³-hybridized carbons (Fsp3) is 0.222. The highest BCUT2D eigenvalue weighted by Gasteiger charge is 2.12. The van der Waals surface area contributed by atoms with Crippen molar-refractivity contribution >= 4 is 46.6 Å². The second-order valence-electron chi connectivity index (χ2n) is 4.99.